The van der Waals surface area contributed by atoms with E-state index in [1.165, 1.54) is 13.3 Å². The molecule has 0 saturated carbocycles. The van der Waals surface area contributed by atoms with E-state index in [9.17, 15) is 13.8 Å². The van der Waals surface area contributed by atoms with Crippen molar-refractivity contribution in [2.45, 2.75) is 25.3 Å². The molecule has 186 valence electrons. The van der Waals surface area contributed by atoms with Gasteiger partial charge in [0.2, 0.25) is 5.91 Å². The number of carbonyl (C=O) groups is 2. The van der Waals surface area contributed by atoms with Crippen molar-refractivity contribution in [2.24, 2.45) is 0 Å². The fraction of sp³-hybridized carbons (Fsp3) is 0.261. The molecule has 3 aromatic rings. The quantitative estimate of drug-likeness (QED) is 0.253. The van der Waals surface area contributed by atoms with Crippen LogP contribution in [0.2, 0.25) is 0 Å². The third-order valence-electron chi connectivity index (χ3n) is 4.68. The lowest BCUT2D eigenvalue weighted by atomic mass is 10.2. The Hall–Kier alpha value is -3.38. The molecule has 3 N–H and O–H groups in total. The summed E-state index contributed by atoms with van der Waals surface area (Å²) in [5.74, 6) is 4.74. The fourth-order valence-corrected chi connectivity index (χ4v) is 4.63. The van der Waals surface area contributed by atoms with Gasteiger partial charge in [0, 0.05) is 31.5 Å². The van der Waals surface area contributed by atoms with Crippen molar-refractivity contribution < 1.29 is 23.3 Å². The molecule has 2 amide bonds. The Bertz CT molecular complexity index is 1330. The second-order valence-corrected chi connectivity index (χ2v) is 10.2. The van der Waals surface area contributed by atoms with Gasteiger partial charge in [-0.15, -0.1) is 0 Å². The number of carbonyl (C=O) groups excluding carboxylic acids is 2. The first-order valence-corrected chi connectivity index (χ1v) is 13.2. The van der Waals surface area contributed by atoms with Gasteiger partial charge in [0.1, 0.15) is 24.5 Å². The van der Waals surface area contributed by atoms with Crippen molar-refractivity contribution in [1.29, 1.82) is 0 Å². The normalized spacial score (nSPS) is 12.4. The molecule has 0 bridgehead atoms. The minimum absolute atomic E-state index is 0.0952. The van der Waals surface area contributed by atoms with E-state index in [1.807, 2.05) is 12.1 Å². The molecular formula is C23H26BrN5O5S. The number of anilines is 1. The molecule has 0 aliphatic rings. The van der Waals surface area contributed by atoms with Gasteiger partial charge in [0.25, 0.3) is 0 Å². The first-order chi connectivity index (χ1) is 16.7. The monoisotopic (exact) mass is 563 g/mol. The Morgan fingerprint density at radius 2 is 1.97 bits per heavy atom. The number of benzene rings is 2. The summed E-state index contributed by atoms with van der Waals surface area (Å²) in [5.41, 5.74) is 1.41. The highest BCUT2D eigenvalue weighted by Gasteiger charge is 2.14. The molecule has 1 heterocycles. The SMILES string of the molecule is C=S(=O)(NC(=O)OCC)c1cccc(COc2cc3ncnc(NCCNC(C)=O)c3cc2Br)c1. The first-order valence-electron chi connectivity index (χ1n) is 10.7. The van der Waals surface area contributed by atoms with Crippen molar-refractivity contribution in [1.82, 2.24) is 20.0 Å². The number of aromatic nitrogens is 2. The molecule has 0 aliphatic heterocycles. The van der Waals surface area contributed by atoms with Crippen molar-refractivity contribution in [3.8, 4) is 5.75 Å². The fourth-order valence-electron chi connectivity index (χ4n) is 3.08. The zero-order valence-corrected chi connectivity index (χ0v) is 21.7. The molecule has 0 spiro atoms. The van der Waals surface area contributed by atoms with Crippen LogP contribution in [-0.4, -0.2) is 51.7 Å². The van der Waals surface area contributed by atoms with Crippen LogP contribution in [-0.2, 0) is 25.8 Å². The highest BCUT2D eigenvalue weighted by atomic mass is 79.9. The molecule has 1 atom stereocenters. The van der Waals surface area contributed by atoms with Crippen molar-refractivity contribution in [3.63, 3.8) is 0 Å². The lowest BCUT2D eigenvalue weighted by Crippen LogP contribution is -2.31. The van der Waals surface area contributed by atoms with Crippen molar-refractivity contribution >= 4 is 60.2 Å². The average Bonchev–Trinajstić information content (AvgIpc) is 2.80. The maximum atomic E-state index is 12.8. The molecule has 12 heteroatoms. The molecule has 10 nitrogen and oxygen atoms in total. The van der Waals surface area contributed by atoms with Gasteiger partial charge in [-0.3, -0.25) is 4.79 Å². The number of fused-ring (bicyclic) bond motifs is 1. The summed E-state index contributed by atoms with van der Waals surface area (Å²) in [5, 5.41) is 6.70. The Morgan fingerprint density at radius 1 is 1.17 bits per heavy atom. The summed E-state index contributed by atoms with van der Waals surface area (Å²) < 4.78 is 26.6. The van der Waals surface area contributed by atoms with E-state index < -0.39 is 15.8 Å². The smallest absolute Gasteiger partial charge is 0.418 e. The predicted octanol–water partition coefficient (Wildman–Crippen LogP) is 3.26. The third-order valence-corrected chi connectivity index (χ3v) is 6.81. The standard InChI is InChI=1S/C23H26BrN5O5S/c1-4-33-23(31)29-35(3,32)17-7-5-6-16(10-17)13-34-21-12-20-18(11-19(21)24)22(28-14-27-20)26-9-8-25-15(2)30/h5-7,10-12,14H,3-4,8-9,13H2,1-2H3,(H,25,30)(H,26,27,28)(H,29,31,32). The van der Waals surface area contributed by atoms with Crippen molar-refractivity contribution in [2.75, 3.05) is 25.0 Å². The zero-order chi connectivity index (χ0) is 25.4. The van der Waals surface area contributed by atoms with Gasteiger partial charge < -0.3 is 20.1 Å². The van der Waals surface area contributed by atoms with E-state index in [1.54, 1.807) is 31.2 Å². The minimum atomic E-state index is -3.08. The van der Waals surface area contributed by atoms with E-state index in [4.69, 9.17) is 9.47 Å². The van der Waals surface area contributed by atoms with Crippen LogP contribution in [0.25, 0.3) is 10.9 Å². The Morgan fingerprint density at radius 3 is 2.71 bits per heavy atom. The summed E-state index contributed by atoms with van der Waals surface area (Å²) in [7, 11) is -3.08. The summed E-state index contributed by atoms with van der Waals surface area (Å²) in [6, 6.07) is 10.5. The topological polar surface area (TPSA) is 132 Å². The average molecular weight is 564 g/mol. The predicted molar refractivity (Wildman–Crippen MR) is 139 cm³/mol. The van der Waals surface area contributed by atoms with Gasteiger partial charge >= 0.3 is 6.09 Å². The van der Waals surface area contributed by atoms with Gasteiger partial charge in [-0.2, -0.15) is 0 Å². The van der Waals surface area contributed by atoms with E-state index in [0.29, 0.717) is 39.5 Å². The summed E-state index contributed by atoms with van der Waals surface area (Å²) in [6.45, 7) is 4.45. The second kappa shape index (κ2) is 11.8. The zero-order valence-electron chi connectivity index (χ0n) is 19.3. The van der Waals surface area contributed by atoms with Gasteiger partial charge in [0.15, 0.2) is 0 Å². The number of hydrogen-bond acceptors (Lipinski definition) is 8. The van der Waals surface area contributed by atoms with Crippen LogP contribution < -0.4 is 20.1 Å². The second-order valence-electron chi connectivity index (χ2n) is 7.37. The number of halogens is 1. The molecule has 1 aromatic heterocycles. The third kappa shape index (κ3) is 7.30. The first kappa shape index (κ1) is 26.2. The van der Waals surface area contributed by atoms with E-state index in [0.717, 1.165) is 10.9 Å². The maximum absolute atomic E-state index is 12.8. The van der Waals surface area contributed by atoms with Crippen molar-refractivity contribution in [3.05, 3.63) is 52.8 Å². The number of nitrogens with one attached hydrogen (secondary N) is 3. The number of hydrogen-bond donors (Lipinski definition) is 3. The Labute approximate surface area is 212 Å². The van der Waals surface area contributed by atoms with Gasteiger partial charge in [-0.05, 0) is 52.5 Å². The molecule has 0 fully saturated rings. The Balaban J connectivity index is 1.72. The van der Waals surface area contributed by atoms with Gasteiger partial charge in [-0.1, -0.05) is 12.1 Å². The van der Waals surface area contributed by atoms with Crippen LogP contribution in [0, 0.1) is 0 Å². The maximum Gasteiger partial charge on any atom is 0.418 e. The number of amides is 2. The Kier molecular flexibility index (Phi) is 8.88. The van der Waals surface area contributed by atoms with E-state index in [2.05, 4.69) is 47.1 Å². The van der Waals surface area contributed by atoms with E-state index in [-0.39, 0.29) is 19.1 Å². The highest BCUT2D eigenvalue weighted by molar-refractivity contribution is 9.10. The molecule has 35 heavy (non-hydrogen) atoms. The molecule has 3 rings (SSSR count). The minimum Gasteiger partial charge on any atom is -0.488 e. The summed E-state index contributed by atoms with van der Waals surface area (Å²) in [4.78, 5) is 31.7. The van der Waals surface area contributed by atoms with E-state index >= 15 is 0 Å². The summed E-state index contributed by atoms with van der Waals surface area (Å²) in [6.07, 6.45) is 0.659. The van der Waals surface area contributed by atoms with Crippen LogP contribution in [0.1, 0.15) is 19.4 Å². The molecule has 0 aliphatic carbocycles. The number of rotatable bonds is 10. The van der Waals surface area contributed by atoms with Gasteiger partial charge in [0.05, 0.1) is 31.2 Å². The lowest BCUT2D eigenvalue weighted by Gasteiger charge is -2.14. The molecular weight excluding hydrogens is 538 g/mol. The molecule has 0 saturated heterocycles. The van der Waals surface area contributed by atoms with Crippen LogP contribution >= 0.6 is 15.9 Å². The largest absolute Gasteiger partial charge is 0.488 e. The lowest BCUT2D eigenvalue weighted by molar-refractivity contribution is -0.118. The van der Waals surface area contributed by atoms with Crippen LogP contribution in [0.4, 0.5) is 10.6 Å². The molecule has 1 unspecified atom stereocenters. The number of ether oxygens (including phenoxy) is 2. The molecule has 2 aromatic carbocycles. The number of nitrogens with zero attached hydrogens (tertiary/aromatic N) is 2. The molecule has 0 radical (unpaired) electrons. The highest BCUT2D eigenvalue weighted by Crippen LogP contribution is 2.32. The summed E-state index contributed by atoms with van der Waals surface area (Å²) >= 11 is 3.53. The van der Waals surface area contributed by atoms with Crippen LogP contribution in [0.5, 0.6) is 5.75 Å². The van der Waals surface area contributed by atoms with Crippen LogP contribution in [0.3, 0.4) is 0 Å². The van der Waals surface area contributed by atoms with Crippen LogP contribution in [0.15, 0.2) is 52.1 Å². The van der Waals surface area contributed by atoms with Gasteiger partial charge in [-0.25, -0.2) is 23.7 Å².